The molecule has 0 aliphatic heterocycles. The van der Waals surface area contributed by atoms with Gasteiger partial charge in [-0.1, -0.05) is 30.3 Å². The molecule has 2 aromatic carbocycles. The minimum atomic E-state index is -4.37. The Morgan fingerprint density at radius 3 is 2.22 bits per heavy atom. The normalized spacial score (nSPS) is 12.2. The number of benzene rings is 2. The Bertz CT molecular complexity index is 1290. The van der Waals surface area contributed by atoms with Crippen molar-refractivity contribution < 1.29 is 13.2 Å². The Morgan fingerprint density at radius 1 is 0.919 bits per heavy atom. The predicted octanol–water partition coefficient (Wildman–Crippen LogP) is 6.17. The first-order valence-corrected chi connectivity index (χ1v) is 12.3. The molecule has 0 radical (unpaired) electrons. The molecule has 0 bridgehead atoms. The van der Waals surface area contributed by atoms with Crippen LogP contribution < -0.4 is 10.6 Å². The van der Waals surface area contributed by atoms with E-state index in [0.29, 0.717) is 53.7 Å². The van der Waals surface area contributed by atoms with E-state index in [2.05, 4.69) is 53.2 Å². The molecular weight excluding hydrogens is 479 g/mol. The van der Waals surface area contributed by atoms with Gasteiger partial charge in [0.25, 0.3) is 0 Å². The van der Waals surface area contributed by atoms with Crippen molar-refractivity contribution in [3.05, 3.63) is 72.1 Å². The summed E-state index contributed by atoms with van der Waals surface area (Å²) < 4.78 is 40.7. The minimum Gasteiger partial charge on any atom is -0.367 e. The maximum atomic E-state index is 13.0. The average Bonchev–Trinajstić information content (AvgIpc) is 3.24. The summed E-state index contributed by atoms with van der Waals surface area (Å²) in [6.45, 7) is 10.5. The third-order valence-corrected chi connectivity index (χ3v) is 6.12. The fourth-order valence-electron chi connectivity index (χ4n) is 4.30. The van der Waals surface area contributed by atoms with E-state index < -0.39 is 11.7 Å². The van der Waals surface area contributed by atoms with Crippen molar-refractivity contribution in [2.45, 2.75) is 52.5 Å². The Balaban J connectivity index is 1.63. The van der Waals surface area contributed by atoms with Crippen LogP contribution in [0.15, 0.2) is 60.9 Å². The van der Waals surface area contributed by atoms with Gasteiger partial charge < -0.3 is 15.2 Å². The summed E-state index contributed by atoms with van der Waals surface area (Å²) in [5.74, 6) is 1.00. The summed E-state index contributed by atoms with van der Waals surface area (Å²) in [6, 6.07) is 15.6. The van der Waals surface area contributed by atoms with E-state index in [1.165, 1.54) is 12.1 Å². The lowest BCUT2D eigenvalue weighted by Gasteiger charge is -2.30. The monoisotopic (exact) mass is 511 g/mol. The van der Waals surface area contributed by atoms with Crippen molar-refractivity contribution in [1.29, 1.82) is 0 Å². The summed E-state index contributed by atoms with van der Waals surface area (Å²) >= 11 is 0. The molecule has 7 nitrogen and oxygen atoms in total. The van der Waals surface area contributed by atoms with Crippen LogP contribution in [-0.4, -0.2) is 49.6 Å². The van der Waals surface area contributed by atoms with Crippen LogP contribution in [0.4, 0.5) is 30.6 Å². The van der Waals surface area contributed by atoms with E-state index in [1.54, 1.807) is 6.33 Å². The molecule has 0 unspecified atom stereocenters. The Kier molecular flexibility index (Phi) is 7.97. The van der Waals surface area contributed by atoms with Crippen molar-refractivity contribution in [2.24, 2.45) is 0 Å². The molecule has 10 heteroatoms. The van der Waals surface area contributed by atoms with Crippen molar-refractivity contribution in [3.8, 4) is 0 Å². The van der Waals surface area contributed by atoms with Crippen LogP contribution in [0.25, 0.3) is 11.2 Å². The number of hydrogen-bond donors (Lipinski definition) is 2. The zero-order valence-corrected chi connectivity index (χ0v) is 21.4. The molecule has 37 heavy (non-hydrogen) atoms. The van der Waals surface area contributed by atoms with Crippen molar-refractivity contribution >= 4 is 28.6 Å². The van der Waals surface area contributed by atoms with Gasteiger partial charge in [0.15, 0.2) is 17.0 Å². The highest BCUT2D eigenvalue weighted by Crippen LogP contribution is 2.29. The van der Waals surface area contributed by atoms with E-state index in [4.69, 9.17) is 4.98 Å². The molecule has 0 aliphatic rings. The number of fused-ring (bicyclic) bond motifs is 1. The number of hydrogen-bond acceptors (Lipinski definition) is 6. The number of aromatic nitrogens is 4. The number of anilines is 3. The summed E-state index contributed by atoms with van der Waals surface area (Å²) in [6.07, 6.45) is -2.73. The Labute approximate surface area is 214 Å². The van der Waals surface area contributed by atoms with Gasteiger partial charge in [-0.15, -0.1) is 0 Å². The molecule has 0 amide bonds. The maximum absolute atomic E-state index is 13.0. The lowest BCUT2D eigenvalue weighted by molar-refractivity contribution is -0.137. The number of imidazole rings is 1. The van der Waals surface area contributed by atoms with E-state index in [-0.39, 0.29) is 0 Å². The molecule has 0 saturated heterocycles. The molecule has 2 aromatic heterocycles. The van der Waals surface area contributed by atoms with Gasteiger partial charge in [-0.05, 0) is 57.5 Å². The van der Waals surface area contributed by atoms with Gasteiger partial charge in [0, 0.05) is 30.9 Å². The van der Waals surface area contributed by atoms with Crippen LogP contribution >= 0.6 is 0 Å². The molecule has 4 rings (SSSR count). The van der Waals surface area contributed by atoms with Crippen LogP contribution in [0.1, 0.15) is 38.8 Å². The van der Waals surface area contributed by atoms with Gasteiger partial charge in [-0.2, -0.15) is 23.1 Å². The smallest absolute Gasteiger partial charge is 0.367 e. The molecule has 0 aliphatic carbocycles. The number of rotatable bonds is 10. The first-order chi connectivity index (χ1) is 17.6. The van der Waals surface area contributed by atoms with E-state index in [0.717, 1.165) is 24.4 Å². The molecule has 0 saturated carbocycles. The number of nitrogens with one attached hydrogen (secondary N) is 2. The molecule has 4 aromatic rings. The van der Waals surface area contributed by atoms with Gasteiger partial charge >= 0.3 is 6.18 Å². The van der Waals surface area contributed by atoms with Crippen molar-refractivity contribution in [2.75, 3.05) is 23.7 Å². The number of para-hydroxylation sites is 1. The molecule has 2 heterocycles. The predicted molar refractivity (Wildman–Crippen MR) is 141 cm³/mol. The average molecular weight is 512 g/mol. The molecule has 0 atom stereocenters. The SMILES string of the molecule is CC(C)N(CCNc1nc(Nc2ccccc2)nc2c1ncn2Cc1ccc(C(F)(F)F)cc1)C(C)C. The molecular formula is C27H32F3N7. The fourth-order valence-corrected chi connectivity index (χ4v) is 4.30. The van der Waals surface area contributed by atoms with Gasteiger partial charge in [0.05, 0.1) is 18.4 Å². The van der Waals surface area contributed by atoms with Gasteiger partial charge in [-0.3, -0.25) is 4.90 Å². The van der Waals surface area contributed by atoms with Crippen molar-refractivity contribution in [1.82, 2.24) is 24.4 Å². The second-order valence-corrected chi connectivity index (χ2v) is 9.48. The lowest BCUT2D eigenvalue weighted by Crippen LogP contribution is -2.40. The minimum absolute atomic E-state index is 0.324. The second kappa shape index (κ2) is 11.2. The molecule has 0 spiro atoms. The van der Waals surface area contributed by atoms with Gasteiger partial charge in [0.1, 0.15) is 0 Å². The van der Waals surface area contributed by atoms with Crippen LogP contribution in [0.3, 0.4) is 0 Å². The topological polar surface area (TPSA) is 70.9 Å². The number of halogens is 3. The first-order valence-electron chi connectivity index (χ1n) is 12.3. The lowest BCUT2D eigenvalue weighted by atomic mass is 10.1. The summed E-state index contributed by atoms with van der Waals surface area (Å²) in [4.78, 5) is 16.3. The quantitative estimate of drug-likeness (QED) is 0.265. The third kappa shape index (κ3) is 6.56. The van der Waals surface area contributed by atoms with Crippen LogP contribution in [0.2, 0.25) is 0 Å². The Hall–Kier alpha value is -3.66. The van der Waals surface area contributed by atoms with E-state index in [9.17, 15) is 13.2 Å². The van der Waals surface area contributed by atoms with Gasteiger partial charge in [-0.25, -0.2) is 4.98 Å². The zero-order chi connectivity index (χ0) is 26.6. The first kappa shape index (κ1) is 26.4. The number of alkyl halides is 3. The second-order valence-electron chi connectivity index (χ2n) is 9.48. The van der Waals surface area contributed by atoms with E-state index in [1.807, 2.05) is 34.9 Å². The van der Waals surface area contributed by atoms with Gasteiger partial charge in [0.2, 0.25) is 5.95 Å². The fraction of sp³-hybridized carbons (Fsp3) is 0.370. The zero-order valence-electron chi connectivity index (χ0n) is 21.4. The molecule has 0 fully saturated rings. The van der Waals surface area contributed by atoms with Crippen LogP contribution in [0, 0.1) is 0 Å². The Morgan fingerprint density at radius 2 is 1.59 bits per heavy atom. The highest BCUT2D eigenvalue weighted by atomic mass is 19.4. The molecule has 2 N–H and O–H groups in total. The summed E-state index contributed by atoms with van der Waals surface area (Å²) in [7, 11) is 0. The maximum Gasteiger partial charge on any atom is 0.416 e. The largest absolute Gasteiger partial charge is 0.416 e. The summed E-state index contributed by atoms with van der Waals surface area (Å²) in [5.41, 5.74) is 2.06. The standard InChI is InChI=1S/C27H32F3N7/c1-18(2)37(19(3)4)15-14-31-24-23-25(35-26(34-24)33-22-8-6-5-7-9-22)36(17-32-23)16-20-10-12-21(13-11-20)27(28,29)30/h5-13,17-19H,14-16H2,1-4H3,(H2,31,33,34,35). The van der Waals surface area contributed by atoms with E-state index >= 15 is 0 Å². The third-order valence-electron chi connectivity index (χ3n) is 6.12. The highest BCUT2D eigenvalue weighted by molar-refractivity contribution is 5.84. The number of nitrogens with zero attached hydrogens (tertiary/aromatic N) is 5. The van der Waals surface area contributed by atoms with Crippen LogP contribution in [-0.2, 0) is 12.7 Å². The van der Waals surface area contributed by atoms with Crippen LogP contribution in [0.5, 0.6) is 0 Å². The summed E-state index contributed by atoms with van der Waals surface area (Å²) in [5, 5.41) is 6.66. The van der Waals surface area contributed by atoms with Crippen molar-refractivity contribution in [3.63, 3.8) is 0 Å². The molecule has 196 valence electrons. The highest BCUT2D eigenvalue weighted by Gasteiger charge is 2.30.